The molecule has 0 unspecified atom stereocenters. The van der Waals surface area contributed by atoms with E-state index in [0.717, 1.165) is 48.3 Å². The van der Waals surface area contributed by atoms with E-state index in [4.69, 9.17) is 16.3 Å². The Morgan fingerprint density at radius 2 is 2.24 bits per heavy atom. The molecule has 0 amide bonds. The fourth-order valence-electron chi connectivity index (χ4n) is 2.95. The van der Waals surface area contributed by atoms with Gasteiger partial charge in [0.2, 0.25) is 0 Å². The average molecular weight is 308 g/mol. The van der Waals surface area contributed by atoms with Crippen molar-refractivity contribution in [2.75, 3.05) is 20.2 Å². The molecule has 0 saturated heterocycles. The fraction of sp³-hybridized carbons (Fsp3) is 0.562. The zero-order chi connectivity index (χ0) is 14.8. The third-order valence-corrected chi connectivity index (χ3v) is 4.48. The molecular formula is C16H22ClN3O. The summed E-state index contributed by atoms with van der Waals surface area (Å²) in [7, 11) is 1.68. The van der Waals surface area contributed by atoms with Crippen molar-refractivity contribution in [1.82, 2.24) is 14.5 Å². The van der Waals surface area contributed by atoms with Crippen LogP contribution in [0, 0.1) is 0 Å². The number of imidazole rings is 1. The molecule has 1 aromatic carbocycles. The van der Waals surface area contributed by atoms with Gasteiger partial charge in [-0.2, -0.15) is 0 Å². The number of para-hydroxylation sites is 1. The van der Waals surface area contributed by atoms with Gasteiger partial charge in [0, 0.05) is 19.1 Å². The highest BCUT2D eigenvalue weighted by Gasteiger charge is 2.27. The van der Waals surface area contributed by atoms with Crippen molar-refractivity contribution in [3.05, 3.63) is 24.0 Å². The van der Waals surface area contributed by atoms with Gasteiger partial charge in [-0.3, -0.25) is 4.90 Å². The zero-order valence-corrected chi connectivity index (χ0v) is 13.4. The minimum absolute atomic E-state index is 0.424. The van der Waals surface area contributed by atoms with Gasteiger partial charge >= 0.3 is 0 Å². The molecule has 0 atom stereocenters. The van der Waals surface area contributed by atoms with Crippen molar-refractivity contribution >= 4 is 22.6 Å². The number of rotatable bonds is 7. The number of fused-ring (bicyclic) bond motifs is 1. The van der Waals surface area contributed by atoms with E-state index in [2.05, 4.69) is 27.4 Å². The maximum atomic E-state index is 6.09. The Hall–Kier alpha value is -1.26. The van der Waals surface area contributed by atoms with Crippen LogP contribution in [0.2, 0.25) is 0 Å². The standard InChI is InChI=1S/C16H22ClN3O/c1-3-19(12-7-8-12)9-10-20-13-5-4-6-14(21-2)16(13)18-15(20)11-17/h4-6,12H,3,7-11H2,1-2H3. The number of nitrogens with zero attached hydrogens (tertiary/aromatic N) is 3. The average Bonchev–Trinajstić information content (AvgIpc) is 3.29. The normalized spacial score (nSPS) is 15.0. The first-order valence-electron chi connectivity index (χ1n) is 7.60. The molecule has 0 spiro atoms. The number of halogens is 1. The number of benzene rings is 1. The molecule has 0 bridgehead atoms. The summed E-state index contributed by atoms with van der Waals surface area (Å²) in [5.41, 5.74) is 2.02. The van der Waals surface area contributed by atoms with E-state index < -0.39 is 0 Å². The van der Waals surface area contributed by atoms with Crippen molar-refractivity contribution in [3.8, 4) is 5.75 Å². The molecule has 0 aliphatic heterocycles. The molecule has 114 valence electrons. The van der Waals surface area contributed by atoms with Gasteiger partial charge in [0.1, 0.15) is 17.1 Å². The maximum absolute atomic E-state index is 6.09. The largest absolute Gasteiger partial charge is 0.494 e. The third-order valence-electron chi connectivity index (χ3n) is 4.24. The predicted octanol–water partition coefficient (Wildman–Crippen LogP) is 3.27. The van der Waals surface area contributed by atoms with Crippen LogP contribution >= 0.6 is 11.6 Å². The van der Waals surface area contributed by atoms with E-state index in [-0.39, 0.29) is 0 Å². The first-order valence-corrected chi connectivity index (χ1v) is 8.14. The quantitative estimate of drug-likeness (QED) is 0.736. The zero-order valence-electron chi connectivity index (χ0n) is 12.7. The molecule has 1 saturated carbocycles. The van der Waals surface area contributed by atoms with Gasteiger partial charge in [-0.25, -0.2) is 4.98 Å². The molecule has 3 rings (SSSR count). The van der Waals surface area contributed by atoms with Crippen molar-refractivity contribution < 1.29 is 4.74 Å². The molecule has 1 fully saturated rings. The van der Waals surface area contributed by atoms with Crippen molar-refractivity contribution in [2.45, 2.75) is 38.2 Å². The Labute approximate surface area is 130 Å². The first-order chi connectivity index (χ1) is 10.3. The lowest BCUT2D eigenvalue weighted by molar-refractivity contribution is 0.266. The molecule has 1 aliphatic carbocycles. The number of alkyl halides is 1. The summed E-state index contributed by atoms with van der Waals surface area (Å²) in [4.78, 5) is 7.20. The Kier molecular flexibility index (Phi) is 4.36. The summed E-state index contributed by atoms with van der Waals surface area (Å²) < 4.78 is 7.64. The number of likely N-dealkylation sites (N-methyl/N-ethyl adjacent to an activating group) is 1. The SMILES string of the molecule is CCN(CCn1c(CCl)nc2c(OC)cccc21)C1CC1. The second-order valence-corrected chi connectivity index (χ2v) is 5.77. The van der Waals surface area contributed by atoms with Gasteiger partial charge in [-0.1, -0.05) is 13.0 Å². The van der Waals surface area contributed by atoms with Crippen LogP contribution in [0.25, 0.3) is 11.0 Å². The van der Waals surface area contributed by atoms with Gasteiger partial charge in [0.25, 0.3) is 0 Å². The Morgan fingerprint density at radius 1 is 1.43 bits per heavy atom. The van der Waals surface area contributed by atoms with Crippen LogP contribution in [-0.4, -0.2) is 40.7 Å². The number of methoxy groups -OCH3 is 1. The third kappa shape index (κ3) is 2.87. The highest BCUT2D eigenvalue weighted by molar-refractivity contribution is 6.16. The highest BCUT2D eigenvalue weighted by Crippen LogP contribution is 2.28. The summed E-state index contributed by atoms with van der Waals surface area (Å²) in [5.74, 6) is 2.16. The van der Waals surface area contributed by atoms with Crippen LogP contribution in [0.3, 0.4) is 0 Å². The van der Waals surface area contributed by atoms with E-state index in [9.17, 15) is 0 Å². The predicted molar refractivity (Wildman–Crippen MR) is 86.1 cm³/mol. The van der Waals surface area contributed by atoms with Crippen LogP contribution in [-0.2, 0) is 12.4 Å². The van der Waals surface area contributed by atoms with Gasteiger partial charge in [-0.05, 0) is 31.5 Å². The number of ether oxygens (including phenoxy) is 1. The van der Waals surface area contributed by atoms with Crippen LogP contribution < -0.4 is 4.74 Å². The van der Waals surface area contributed by atoms with Crippen molar-refractivity contribution in [2.24, 2.45) is 0 Å². The summed E-state index contributed by atoms with van der Waals surface area (Å²) in [6.45, 7) is 5.32. The van der Waals surface area contributed by atoms with E-state index in [1.807, 2.05) is 12.1 Å². The second-order valence-electron chi connectivity index (χ2n) is 5.50. The lowest BCUT2D eigenvalue weighted by atomic mass is 10.3. The van der Waals surface area contributed by atoms with Crippen LogP contribution in [0.5, 0.6) is 5.75 Å². The Bertz CT molecular complexity index is 621. The molecule has 2 aromatic rings. The Morgan fingerprint density at radius 3 is 2.86 bits per heavy atom. The molecule has 4 nitrogen and oxygen atoms in total. The lowest BCUT2D eigenvalue weighted by Crippen LogP contribution is -2.29. The van der Waals surface area contributed by atoms with Crippen LogP contribution in [0.15, 0.2) is 18.2 Å². The van der Waals surface area contributed by atoms with E-state index in [1.54, 1.807) is 7.11 Å². The highest BCUT2D eigenvalue weighted by atomic mass is 35.5. The number of aromatic nitrogens is 2. The maximum Gasteiger partial charge on any atom is 0.146 e. The number of hydrogen-bond donors (Lipinski definition) is 0. The van der Waals surface area contributed by atoms with Crippen molar-refractivity contribution in [3.63, 3.8) is 0 Å². The van der Waals surface area contributed by atoms with E-state index in [1.165, 1.54) is 12.8 Å². The minimum atomic E-state index is 0.424. The summed E-state index contributed by atoms with van der Waals surface area (Å²) in [5, 5.41) is 0. The van der Waals surface area contributed by atoms with Gasteiger partial charge < -0.3 is 9.30 Å². The van der Waals surface area contributed by atoms with Gasteiger partial charge in [-0.15, -0.1) is 11.6 Å². The fourth-order valence-corrected chi connectivity index (χ4v) is 3.16. The molecule has 0 N–H and O–H groups in total. The molecule has 1 aliphatic rings. The molecule has 0 radical (unpaired) electrons. The summed E-state index contributed by atoms with van der Waals surface area (Å²) in [6, 6.07) is 6.84. The van der Waals surface area contributed by atoms with Gasteiger partial charge in [0.15, 0.2) is 0 Å². The Balaban J connectivity index is 1.89. The smallest absolute Gasteiger partial charge is 0.146 e. The lowest BCUT2D eigenvalue weighted by Gasteiger charge is -2.20. The van der Waals surface area contributed by atoms with Crippen molar-refractivity contribution in [1.29, 1.82) is 0 Å². The van der Waals surface area contributed by atoms with Crippen LogP contribution in [0.1, 0.15) is 25.6 Å². The minimum Gasteiger partial charge on any atom is -0.494 e. The molecule has 1 aromatic heterocycles. The number of hydrogen-bond acceptors (Lipinski definition) is 3. The second kappa shape index (κ2) is 6.24. The van der Waals surface area contributed by atoms with E-state index in [0.29, 0.717) is 5.88 Å². The van der Waals surface area contributed by atoms with Crippen LogP contribution in [0.4, 0.5) is 0 Å². The summed E-state index contributed by atoms with van der Waals surface area (Å²) >= 11 is 6.09. The monoisotopic (exact) mass is 307 g/mol. The molecule has 21 heavy (non-hydrogen) atoms. The molecule has 5 heteroatoms. The molecule has 1 heterocycles. The first kappa shape index (κ1) is 14.7. The van der Waals surface area contributed by atoms with Gasteiger partial charge in [0.05, 0.1) is 18.5 Å². The molecular weight excluding hydrogens is 286 g/mol. The topological polar surface area (TPSA) is 30.3 Å². The summed E-state index contributed by atoms with van der Waals surface area (Å²) in [6.07, 6.45) is 2.68. The van der Waals surface area contributed by atoms with E-state index >= 15 is 0 Å².